The van der Waals surface area contributed by atoms with Crippen LogP contribution in [0.1, 0.15) is 22.3 Å². The highest BCUT2D eigenvalue weighted by Gasteiger charge is 2.30. The molecule has 0 bridgehead atoms. The van der Waals surface area contributed by atoms with Crippen molar-refractivity contribution in [2.24, 2.45) is 0 Å². The maximum atomic E-state index is 2.56. The third-order valence-electron chi connectivity index (χ3n) is 4.91. The zero-order valence-corrected chi connectivity index (χ0v) is 16.4. The van der Waals surface area contributed by atoms with Crippen molar-refractivity contribution in [2.45, 2.75) is 50.4 Å². The van der Waals surface area contributed by atoms with Gasteiger partial charge < -0.3 is 0 Å². The molecule has 2 aromatic rings. The van der Waals surface area contributed by atoms with Crippen molar-refractivity contribution in [3.05, 3.63) is 70.8 Å². The summed E-state index contributed by atoms with van der Waals surface area (Å²) in [6.07, 6.45) is 0. The predicted molar refractivity (Wildman–Crippen MR) is 103 cm³/mol. The molecule has 0 fully saturated rings. The molecule has 0 aliphatic carbocycles. The fourth-order valence-corrected chi connectivity index (χ4v) is 9.75. The Morgan fingerprint density at radius 1 is 0.500 bits per heavy atom. The molecule has 0 N–H and O–H groups in total. The molecular formula is C20H28Si2. The standard InChI is InChI=1S/C20H28Si2/c1-21(2)13-17-9-5-7-11-19(17)15-22(3,4)16-20-12-8-6-10-18(20)14-21/h5-12H,13-16H2,1-4H3. The molecule has 1 heterocycles. The Morgan fingerprint density at radius 3 is 0.955 bits per heavy atom. The minimum Gasteiger partial charge on any atom is -0.0689 e. The van der Waals surface area contributed by atoms with E-state index in [9.17, 15) is 0 Å². The van der Waals surface area contributed by atoms with E-state index in [2.05, 4.69) is 74.7 Å². The van der Waals surface area contributed by atoms with E-state index in [-0.39, 0.29) is 0 Å². The van der Waals surface area contributed by atoms with Crippen molar-refractivity contribution >= 4 is 16.1 Å². The molecule has 0 saturated heterocycles. The van der Waals surface area contributed by atoms with Crippen LogP contribution in [0.25, 0.3) is 0 Å². The Morgan fingerprint density at radius 2 is 0.727 bits per heavy atom. The fraction of sp³-hybridized carbons (Fsp3) is 0.400. The zero-order valence-electron chi connectivity index (χ0n) is 14.4. The molecule has 0 nitrogen and oxygen atoms in total. The lowest BCUT2D eigenvalue weighted by molar-refractivity contribution is 1.09. The van der Waals surface area contributed by atoms with Gasteiger partial charge in [-0.1, -0.05) is 74.7 Å². The van der Waals surface area contributed by atoms with Gasteiger partial charge in [0.2, 0.25) is 0 Å². The topological polar surface area (TPSA) is 0 Å². The average molecular weight is 325 g/mol. The minimum absolute atomic E-state index is 1.26. The number of hydrogen-bond acceptors (Lipinski definition) is 0. The van der Waals surface area contributed by atoms with Crippen LogP contribution < -0.4 is 0 Å². The molecule has 1 aliphatic rings. The Kier molecular flexibility index (Phi) is 4.17. The van der Waals surface area contributed by atoms with Crippen LogP contribution in [0.2, 0.25) is 26.2 Å². The smallest absolute Gasteiger partial charge is 0.0561 e. The maximum Gasteiger partial charge on any atom is 0.0561 e. The zero-order chi connectivity index (χ0) is 15.8. The largest absolute Gasteiger partial charge is 0.0689 e. The van der Waals surface area contributed by atoms with Gasteiger partial charge in [0.05, 0.1) is 16.1 Å². The van der Waals surface area contributed by atoms with Gasteiger partial charge in [-0.2, -0.15) is 0 Å². The summed E-state index contributed by atoms with van der Waals surface area (Å²) >= 11 is 0. The number of fused-ring (bicyclic) bond motifs is 2. The maximum absolute atomic E-state index is 2.56. The third-order valence-corrected chi connectivity index (χ3v) is 10.3. The van der Waals surface area contributed by atoms with Gasteiger partial charge in [0, 0.05) is 0 Å². The molecule has 0 radical (unpaired) electrons. The quantitative estimate of drug-likeness (QED) is 0.588. The Bertz CT molecular complexity index is 557. The van der Waals surface area contributed by atoms with Gasteiger partial charge in [-0.05, 0) is 46.4 Å². The van der Waals surface area contributed by atoms with Crippen LogP contribution in [0.3, 0.4) is 0 Å². The van der Waals surface area contributed by atoms with Gasteiger partial charge in [-0.15, -0.1) is 0 Å². The van der Waals surface area contributed by atoms with Crippen LogP contribution in [0, 0.1) is 0 Å². The second-order valence-electron chi connectivity index (χ2n) is 8.57. The monoisotopic (exact) mass is 324 g/mol. The van der Waals surface area contributed by atoms with Crippen LogP contribution in [-0.4, -0.2) is 16.1 Å². The summed E-state index contributed by atoms with van der Waals surface area (Å²) in [6.45, 7) is 10.2. The van der Waals surface area contributed by atoms with E-state index >= 15 is 0 Å². The van der Waals surface area contributed by atoms with Gasteiger partial charge in [0.25, 0.3) is 0 Å². The molecule has 2 aromatic carbocycles. The molecule has 0 unspecified atom stereocenters. The van der Waals surface area contributed by atoms with Crippen molar-refractivity contribution in [3.63, 3.8) is 0 Å². The molecule has 22 heavy (non-hydrogen) atoms. The van der Waals surface area contributed by atoms with E-state index in [1.807, 2.05) is 0 Å². The summed E-state index contributed by atoms with van der Waals surface area (Å²) in [6, 6.07) is 23.8. The van der Waals surface area contributed by atoms with Crippen molar-refractivity contribution in [2.75, 3.05) is 0 Å². The SMILES string of the molecule is C[Si]1(C)Cc2ccccc2C[Si](C)(C)Cc2ccccc2C1. The highest BCUT2D eigenvalue weighted by atomic mass is 28.3. The first-order chi connectivity index (χ1) is 10.3. The average Bonchev–Trinajstić information content (AvgIpc) is 2.41. The van der Waals surface area contributed by atoms with Crippen LogP contribution in [0.4, 0.5) is 0 Å². The van der Waals surface area contributed by atoms with E-state index in [1.165, 1.54) is 24.2 Å². The van der Waals surface area contributed by atoms with E-state index in [4.69, 9.17) is 0 Å². The van der Waals surface area contributed by atoms with Gasteiger partial charge >= 0.3 is 0 Å². The lowest BCUT2D eigenvalue weighted by Gasteiger charge is -2.31. The highest BCUT2D eigenvalue weighted by Crippen LogP contribution is 2.28. The first kappa shape index (κ1) is 15.8. The molecular weight excluding hydrogens is 296 g/mol. The number of benzene rings is 2. The fourth-order valence-electron chi connectivity index (χ4n) is 3.99. The van der Waals surface area contributed by atoms with Crippen LogP contribution in [0.5, 0.6) is 0 Å². The normalized spacial score (nSPS) is 19.8. The summed E-state index contributed by atoms with van der Waals surface area (Å²) in [5, 5.41) is 0. The second kappa shape index (κ2) is 5.82. The molecule has 0 spiro atoms. The van der Waals surface area contributed by atoms with Crippen molar-refractivity contribution in [1.29, 1.82) is 0 Å². The first-order valence-electron chi connectivity index (χ1n) is 8.48. The van der Waals surface area contributed by atoms with Crippen molar-refractivity contribution in [3.8, 4) is 0 Å². The molecule has 116 valence electrons. The molecule has 0 amide bonds. The van der Waals surface area contributed by atoms with Crippen LogP contribution in [-0.2, 0) is 24.2 Å². The molecule has 3 rings (SSSR count). The van der Waals surface area contributed by atoms with Crippen LogP contribution in [0.15, 0.2) is 48.5 Å². The van der Waals surface area contributed by atoms with Gasteiger partial charge in [0.1, 0.15) is 0 Å². The summed E-state index contributed by atoms with van der Waals surface area (Å²) in [5.41, 5.74) is 6.55. The molecule has 0 aromatic heterocycles. The Labute approximate surface area is 137 Å². The van der Waals surface area contributed by atoms with E-state index in [1.54, 1.807) is 22.3 Å². The summed E-state index contributed by atoms with van der Waals surface area (Å²) in [7, 11) is -2.52. The van der Waals surface area contributed by atoms with E-state index in [0.29, 0.717) is 0 Å². The van der Waals surface area contributed by atoms with Crippen molar-refractivity contribution in [1.82, 2.24) is 0 Å². The Hall–Kier alpha value is -1.13. The summed E-state index contributed by atoms with van der Waals surface area (Å²) < 4.78 is 0. The summed E-state index contributed by atoms with van der Waals surface area (Å²) in [4.78, 5) is 0. The lowest BCUT2D eigenvalue weighted by Crippen LogP contribution is -2.38. The van der Waals surface area contributed by atoms with Crippen LogP contribution >= 0.6 is 0 Å². The number of rotatable bonds is 0. The van der Waals surface area contributed by atoms with E-state index < -0.39 is 16.1 Å². The number of hydrogen-bond donors (Lipinski definition) is 0. The van der Waals surface area contributed by atoms with Gasteiger partial charge in [-0.3, -0.25) is 0 Å². The van der Waals surface area contributed by atoms with Gasteiger partial charge in [-0.25, -0.2) is 0 Å². The first-order valence-corrected chi connectivity index (χ1v) is 15.3. The Balaban J connectivity index is 2.07. The lowest BCUT2D eigenvalue weighted by atomic mass is 10.1. The predicted octanol–water partition coefficient (Wildman–Crippen LogP) is 5.14. The third kappa shape index (κ3) is 3.61. The molecule has 0 atom stereocenters. The van der Waals surface area contributed by atoms with Gasteiger partial charge in [0.15, 0.2) is 0 Å². The second-order valence-corrected chi connectivity index (χ2v) is 18.6. The summed E-state index contributed by atoms with van der Waals surface area (Å²) in [5.74, 6) is 0. The highest BCUT2D eigenvalue weighted by molar-refractivity contribution is 6.77. The molecule has 1 aliphatic heterocycles. The molecule has 2 heteroatoms. The van der Waals surface area contributed by atoms with Crippen molar-refractivity contribution < 1.29 is 0 Å². The molecule has 0 saturated carbocycles. The van der Waals surface area contributed by atoms with E-state index in [0.717, 1.165) is 0 Å². The minimum atomic E-state index is -1.26.